The number of hydrogen-bond donors (Lipinski definition) is 1. The van der Waals surface area contributed by atoms with E-state index in [1.165, 1.54) is 5.75 Å². The SMILES string of the molecule is CCNc1nc(C2CSCCN2C)nc2sccc12. The molecule has 0 amide bonds. The molecule has 1 aliphatic heterocycles. The molecular weight excluding hydrogens is 276 g/mol. The summed E-state index contributed by atoms with van der Waals surface area (Å²) in [6, 6.07) is 2.43. The number of nitrogens with one attached hydrogen (secondary N) is 1. The molecule has 2 aromatic heterocycles. The van der Waals surface area contributed by atoms with E-state index >= 15 is 0 Å². The van der Waals surface area contributed by atoms with Crippen LogP contribution in [0, 0.1) is 0 Å². The van der Waals surface area contributed by atoms with E-state index in [4.69, 9.17) is 9.97 Å². The van der Waals surface area contributed by atoms with Crippen LogP contribution in [0.1, 0.15) is 18.8 Å². The predicted molar refractivity (Wildman–Crippen MR) is 84.3 cm³/mol. The molecule has 1 atom stereocenters. The fourth-order valence-electron chi connectivity index (χ4n) is 2.28. The second kappa shape index (κ2) is 5.64. The zero-order valence-corrected chi connectivity index (χ0v) is 12.9. The van der Waals surface area contributed by atoms with E-state index in [2.05, 4.69) is 35.6 Å². The van der Waals surface area contributed by atoms with Crippen molar-refractivity contribution in [1.29, 1.82) is 0 Å². The Morgan fingerprint density at radius 2 is 2.37 bits per heavy atom. The van der Waals surface area contributed by atoms with Crippen molar-refractivity contribution in [2.75, 3.05) is 37.0 Å². The van der Waals surface area contributed by atoms with E-state index in [-0.39, 0.29) is 0 Å². The van der Waals surface area contributed by atoms with Crippen LogP contribution in [0.15, 0.2) is 11.4 Å². The number of thioether (sulfide) groups is 1. The normalized spacial score (nSPS) is 20.8. The maximum absolute atomic E-state index is 4.77. The van der Waals surface area contributed by atoms with Gasteiger partial charge in [-0.15, -0.1) is 11.3 Å². The molecule has 3 rings (SSSR count). The summed E-state index contributed by atoms with van der Waals surface area (Å²) in [7, 11) is 2.17. The van der Waals surface area contributed by atoms with Gasteiger partial charge in [-0.3, -0.25) is 4.90 Å². The molecule has 0 bridgehead atoms. The third-order valence-corrected chi connectivity index (χ3v) is 5.21. The van der Waals surface area contributed by atoms with Gasteiger partial charge in [-0.1, -0.05) is 0 Å². The van der Waals surface area contributed by atoms with Gasteiger partial charge in [-0.05, 0) is 25.4 Å². The van der Waals surface area contributed by atoms with E-state index in [0.717, 1.165) is 40.7 Å². The van der Waals surface area contributed by atoms with Crippen LogP contribution in [0.2, 0.25) is 0 Å². The third kappa shape index (κ3) is 2.57. The van der Waals surface area contributed by atoms with Gasteiger partial charge in [-0.25, -0.2) is 9.97 Å². The Bertz CT molecular complexity index is 569. The zero-order valence-electron chi connectivity index (χ0n) is 11.2. The first-order valence-corrected chi connectivity index (χ1v) is 8.60. The number of nitrogens with zero attached hydrogens (tertiary/aromatic N) is 3. The van der Waals surface area contributed by atoms with Crippen LogP contribution in [0.3, 0.4) is 0 Å². The molecule has 0 radical (unpaired) electrons. The molecule has 4 nitrogen and oxygen atoms in total. The quantitative estimate of drug-likeness (QED) is 0.942. The summed E-state index contributed by atoms with van der Waals surface area (Å²) < 4.78 is 0. The minimum Gasteiger partial charge on any atom is -0.370 e. The highest BCUT2D eigenvalue weighted by atomic mass is 32.2. The zero-order chi connectivity index (χ0) is 13.2. The molecule has 0 aliphatic carbocycles. The molecule has 3 heterocycles. The van der Waals surface area contributed by atoms with Crippen molar-refractivity contribution in [3.63, 3.8) is 0 Å². The number of fused-ring (bicyclic) bond motifs is 1. The van der Waals surface area contributed by atoms with Crippen molar-refractivity contribution in [2.45, 2.75) is 13.0 Å². The van der Waals surface area contributed by atoms with Gasteiger partial charge in [0.15, 0.2) is 0 Å². The van der Waals surface area contributed by atoms with Gasteiger partial charge >= 0.3 is 0 Å². The Morgan fingerprint density at radius 1 is 1.47 bits per heavy atom. The van der Waals surface area contributed by atoms with Crippen molar-refractivity contribution in [3.05, 3.63) is 17.3 Å². The van der Waals surface area contributed by atoms with Gasteiger partial charge in [0.25, 0.3) is 0 Å². The number of aromatic nitrogens is 2. The predicted octanol–water partition coefficient (Wildman–Crippen LogP) is 2.84. The highest BCUT2D eigenvalue weighted by Crippen LogP contribution is 2.31. The summed E-state index contributed by atoms with van der Waals surface area (Å²) in [5.41, 5.74) is 0. The van der Waals surface area contributed by atoms with Crippen LogP contribution >= 0.6 is 23.1 Å². The van der Waals surface area contributed by atoms with E-state index in [1.807, 2.05) is 11.8 Å². The van der Waals surface area contributed by atoms with E-state index in [9.17, 15) is 0 Å². The number of hydrogen-bond acceptors (Lipinski definition) is 6. The molecule has 0 saturated carbocycles. The van der Waals surface area contributed by atoms with Gasteiger partial charge < -0.3 is 5.32 Å². The molecule has 19 heavy (non-hydrogen) atoms. The number of thiophene rings is 1. The summed E-state index contributed by atoms with van der Waals surface area (Å²) in [5, 5.41) is 6.59. The van der Waals surface area contributed by atoms with Crippen molar-refractivity contribution >= 4 is 39.1 Å². The summed E-state index contributed by atoms with van der Waals surface area (Å²) in [6.07, 6.45) is 0. The number of anilines is 1. The Labute approximate surface area is 121 Å². The maximum Gasteiger partial charge on any atom is 0.150 e. The summed E-state index contributed by atoms with van der Waals surface area (Å²) in [5.74, 6) is 4.22. The molecule has 6 heteroatoms. The first-order valence-electron chi connectivity index (χ1n) is 6.56. The lowest BCUT2D eigenvalue weighted by atomic mass is 10.2. The average Bonchev–Trinajstić information content (AvgIpc) is 2.88. The topological polar surface area (TPSA) is 41.1 Å². The molecule has 1 aliphatic rings. The van der Waals surface area contributed by atoms with Crippen molar-refractivity contribution in [1.82, 2.24) is 14.9 Å². The minimum atomic E-state index is 0.336. The molecule has 1 fully saturated rings. The van der Waals surface area contributed by atoms with E-state index in [0.29, 0.717) is 6.04 Å². The first-order chi connectivity index (χ1) is 9.29. The highest BCUT2D eigenvalue weighted by Gasteiger charge is 2.24. The molecule has 0 spiro atoms. The lowest BCUT2D eigenvalue weighted by Crippen LogP contribution is -2.33. The lowest BCUT2D eigenvalue weighted by molar-refractivity contribution is 0.265. The Morgan fingerprint density at radius 3 is 3.16 bits per heavy atom. The second-order valence-corrected chi connectivity index (χ2v) is 6.72. The van der Waals surface area contributed by atoms with Gasteiger partial charge in [0.1, 0.15) is 16.5 Å². The smallest absolute Gasteiger partial charge is 0.150 e. The molecule has 102 valence electrons. The van der Waals surface area contributed by atoms with Crippen LogP contribution < -0.4 is 5.32 Å². The molecule has 1 saturated heterocycles. The van der Waals surface area contributed by atoms with E-state index in [1.54, 1.807) is 11.3 Å². The van der Waals surface area contributed by atoms with Crippen molar-refractivity contribution in [2.24, 2.45) is 0 Å². The minimum absolute atomic E-state index is 0.336. The summed E-state index contributed by atoms with van der Waals surface area (Å²) >= 11 is 3.68. The van der Waals surface area contributed by atoms with Crippen LogP contribution in [0.4, 0.5) is 5.82 Å². The van der Waals surface area contributed by atoms with Crippen molar-refractivity contribution < 1.29 is 0 Å². The second-order valence-electron chi connectivity index (χ2n) is 4.67. The third-order valence-electron chi connectivity index (χ3n) is 3.38. The van der Waals surface area contributed by atoms with Crippen LogP contribution in [-0.2, 0) is 0 Å². The molecule has 2 aromatic rings. The fraction of sp³-hybridized carbons (Fsp3) is 0.538. The van der Waals surface area contributed by atoms with E-state index < -0.39 is 0 Å². The van der Waals surface area contributed by atoms with Gasteiger partial charge in [0.05, 0.1) is 11.4 Å². The fourth-order valence-corrected chi connectivity index (χ4v) is 4.26. The van der Waals surface area contributed by atoms with Crippen molar-refractivity contribution in [3.8, 4) is 0 Å². The Balaban J connectivity index is 2.02. The maximum atomic E-state index is 4.77. The van der Waals surface area contributed by atoms with Gasteiger partial charge in [0, 0.05) is 24.6 Å². The largest absolute Gasteiger partial charge is 0.370 e. The standard InChI is InChI=1S/C13H18N4S2/c1-3-14-11-9-4-6-19-13(9)16-12(15-11)10-8-18-7-5-17(10)2/h4,6,10H,3,5,7-8H2,1-2H3,(H,14,15,16). The lowest BCUT2D eigenvalue weighted by Gasteiger charge is -2.31. The highest BCUT2D eigenvalue weighted by molar-refractivity contribution is 7.99. The first kappa shape index (κ1) is 13.1. The van der Waals surface area contributed by atoms with Crippen LogP contribution in [0.25, 0.3) is 10.2 Å². The average molecular weight is 294 g/mol. The molecular formula is C13H18N4S2. The Kier molecular flexibility index (Phi) is 3.91. The number of rotatable bonds is 3. The van der Waals surface area contributed by atoms with Gasteiger partial charge in [0.2, 0.25) is 0 Å². The van der Waals surface area contributed by atoms with Crippen LogP contribution in [-0.4, -0.2) is 46.5 Å². The molecule has 1 N–H and O–H groups in total. The monoisotopic (exact) mass is 294 g/mol. The summed E-state index contributed by atoms with van der Waals surface area (Å²) in [6.45, 7) is 4.09. The van der Waals surface area contributed by atoms with Crippen LogP contribution in [0.5, 0.6) is 0 Å². The van der Waals surface area contributed by atoms with Gasteiger partial charge in [-0.2, -0.15) is 11.8 Å². The summed E-state index contributed by atoms with van der Waals surface area (Å²) in [4.78, 5) is 13.0. The molecule has 1 unspecified atom stereocenters. The Hall–Kier alpha value is -0.850. The molecule has 0 aromatic carbocycles.